The molecule has 1 fully saturated rings. The summed E-state index contributed by atoms with van der Waals surface area (Å²) in [7, 11) is 0. The molecule has 1 saturated heterocycles. The Labute approximate surface area is 80.1 Å². The Morgan fingerprint density at radius 2 is 1.75 bits per heavy atom. The van der Waals surface area contributed by atoms with Crippen molar-refractivity contribution in [3.05, 3.63) is 21.6 Å². The fourth-order valence-corrected chi connectivity index (χ4v) is 2.54. The van der Waals surface area contributed by atoms with E-state index in [4.69, 9.17) is 0 Å². The van der Waals surface area contributed by atoms with Crippen LogP contribution in [-0.2, 0) is 0 Å². The van der Waals surface area contributed by atoms with Crippen LogP contribution in [0.3, 0.4) is 0 Å². The van der Waals surface area contributed by atoms with E-state index in [1.54, 1.807) is 10.5 Å². The topological polar surface area (TPSA) is 0 Å². The predicted octanol–water partition coefficient (Wildman–Crippen LogP) is 4.14. The lowest BCUT2D eigenvalue weighted by molar-refractivity contribution is 0.965. The second-order valence-electron chi connectivity index (χ2n) is 3.80. The minimum Gasteiger partial charge on any atom is -0.130 e. The van der Waals surface area contributed by atoms with Crippen molar-refractivity contribution in [1.29, 1.82) is 0 Å². The summed E-state index contributed by atoms with van der Waals surface area (Å²) in [6.07, 6.45) is 2.51. The van der Waals surface area contributed by atoms with E-state index in [9.17, 15) is 0 Å². The average molecular weight is 182 g/mol. The van der Waals surface area contributed by atoms with Gasteiger partial charge >= 0.3 is 0 Å². The Bertz CT molecular complexity index is 201. The van der Waals surface area contributed by atoms with Crippen LogP contribution in [0.25, 0.3) is 0 Å². The number of rotatable bonds is 0. The van der Waals surface area contributed by atoms with E-state index in [0.717, 1.165) is 0 Å². The first-order valence-electron chi connectivity index (χ1n) is 4.55. The van der Waals surface area contributed by atoms with Crippen molar-refractivity contribution in [1.82, 2.24) is 0 Å². The Hall–Kier alpha value is -0.170. The van der Waals surface area contributed by atoms with Gasteiger partial charge in [0.15, 0.2) is 0 Å². The second-order valence-corrected chi connectivity index (χ2v) is 4.99. The molecule has 0 spiro atoms. The molecule has 0 atom stereocenters. The van der Waals surface area contributed by atoms with Gasteiger partial charge in [-0.2, -0.15) is 0 Å². The van der Waals surface area contributed by atoms with Gasteiger partial charge < -0.3 is 0 Å². The van der Waals surface area contributed by atoms with Gasteiger partial charge in [0, 0.05) is 5.75 Å². The molecule has 0 aliphatic carbocycles. The van der Waals surface area contributed by atoms with Crippen molar-refractivity contribution in [2.24, 2.45) is 0 Å². The molecule has 1 rings (SSSR count). The third kappa shape index (κ3) is 2.41. The van der Waals surface area contributed by atoms with E-state index in [2.05, 4.69) is 27.7 Å². The van der Waals surface area contributed by atoms with Crippen LogP contribution in [0.1, 0.15) is 40.5 Å². The van der Waals surface area contributed by atoms with Gasteiger partial charge in [-0.05, 0) is 45.4 Å². The zero-order valence-corrected chi connectivity index (χ0v) is 9.35. The molecule has 0 amide bonds. The summed E-state index contributed by atoms with van der Waals surface area (Å²) in [6, 6.07) is 0. The summed E-state index contributed by atoms with van der Waals surface area (Å²) in [4.78, 5) is 1.59. The maximum Gasteiger partial charge on any atom is 0.00144 e. The molecule has 12 heavy (non-hydrogen) atoms. The lowest BCUT2D eigenvalue weighted by Gasteiger charge is -2.19. The highest BCUT2D eigenvalue weighted by atomic mass is 32.2. The quantitative estimate of drug-likeness (QED) is 0.507. The molecule has 0 unspecified atom stereocenters. The molecular formula is C11H18S. The standard InChI is InChI=1S/C11H18S/c1-8(2)10-5-6-12-11(7-10)9(3)4/h5-7H2,1-4H3. The fourth-order valence-electron chi connectivity index (χ4n) is 1.38. The van der Waals surface area contributed by atoms with E-state index in [0.29, 0.717) is 0 Å². The molecule has 1 aliphatic rings. The van der Waals surface area contributed by atoms with Crippen LogP contribution in [0.5, 0.6) is 0 Å². The number of hydrogen-bond donors (Lipinski definition) is 0. The molecule has 0 aromatic heterocycles. The highest BCUT2D eigenvalue weighted by Crippen LogP contribution is 2.35. The Morgan fingerprint density at radius 3 is 2.25 bits per heavy atom. The van der Waals surface area contributed by atoms with Gasteiger partial charge in [-0.1, -0.05) is 16.7 Å². The van der Waals surface area contributed by atoms with Crippen molar-refractivity contribution in [3.63, 3.8) is 0 Å². The second kappa shape index (κ2) is 4.18. The molecule has 1 heterocycles. The van der Waals surface area contributed by atoms with E-state index in [1.807, 2.05) is 11.8 Å². The molecular weight excluding hydrogens is 164 g/mol. The van der Waals surface area contributed by atoms with Crippen molar-refractivity contribution in [2.45, 2.75) is 40.5 Å². The Balaban J connectivity index is 2.78. The Morgan fingerprint density at radius 1 is 1.08 bits per heavy atom. The smallest absolute Gasteiger partial charge is 0.00144 e. The molecule has 0 nitrogen and oxygen atoms in total. The highest BCUT2D eigenvalue weighted by Gasteiger charge is 2.12. The zero-order chi connectivity index (χ0) is 9.14. The first-order chi connectivity index (χ1) is 5.61. The summed E-state index contributed by atoms with van der Waals surface area (Å²) in [5.41, 5.74) is 4.68. The third-order valence-corrected chi connectivity index (χ3v) is 3.63. The number of allylic oxidation sites excluding steroid dienone is 4. The number of thioether (sulfide) groups is 1. The Kier molecular flexibility index (Phi) is 3.45. The first kappa shape index (κ1) is 9.91. The van der Waals surface area contributed by atoms with Crippen molar-refractivity contribution < 1.29 is 0 Å². The predicted molar refractivity (Wildman–Crippen MR) is 58.4 cm³/mol. The third-order valence-electron chi connectivity index (χ3n) is 2.32. The van der Waals surface area contributed by atoms with Crippen LogP contribution in [0.4, 0.5) is 0 Å². The fraction of sp³-hybridized carbons (Fsp3) is 0.636. The van der Waals surface area contributed by atoms with Crippen LogP contribution < -0.4 is 0 Å². The molecule has 1 aliphatic heterocycles. The monoisotopic (exact) mass is 182 g/mol. The summed E-state index contributed by atoms with van der Waals surface area (Å²) >= 11 is 2.04. The highest BCUT2D eigenvalue weighted by molar-refractivity contribution is 8.03. The summed E-state index contributed by atoms with van der Waals surface area (Å²) in [5, 5.41) is 0. The van der Waals surface area contributed by atoms with Crippen LogP contribution in [0, 0.1) is 0 Å². The number of hydrogen-bond acceptors (Lipinski definition) is 1. The van der Waals surface area contributed by atoms with E-state index in [1.165, 1.54) is 29.7 Å². The minimum atomic E-state index is 1.22. The van der Waals surface area contributed by atoms with Crippen LogP contribution in [0.15, 0.2) is 21.6 Å². The lowest BCUT2D eigenvalue weighted by atomic mass is 10.0. The largest absolute Gasteiger partial charge is 0.130 e. The molecule has 0 N–H and O–H groups in total. The van der Waals surface area contributed by atoms with Crippen molar-refractivity contribution >= 4 is 11.8 Å². The van der Waals surface area contributed by atoms with Crippen LogP contribution >= 0.6 is 11.8 Å². The first-order valence-corrected chi connectivity index (χ1v) is 5.54. The van der Waals surface area contributed by atoms with Gasteiger partial charge in [0.25, 0.3) is 0 Å². The lowest BCUT2D eigenvalue weighted by Crippen LogP contribution is -1.99. The summed E-state index contributed by atoms with van der Waals surface area (Å²) in [5.74, 6) is 1.28. The van der Waals surface area contributed by atoms with E-state index < -0.39 is 0 Å². The molecule has 1 heteroatoms. The van der Waals surface area contributed by atoms with E-state index in [-0.39, 0.29) is 0 Å². The maximum atomic E-state index is 2.23. The maximum absolute atomic E-state index is 2.23. The molecule has 0 aromatic carbocycles. The average Bonchev–Trinajstić information content (AvgIpc) is 2.04. The molecule has 0 aromatic rings. The van der Waals surface area contributed by atoms with Gasteiger partial charge in [0.2, 0.25) is 0 Å². The molecule has 0 radical (unpaired) electrons. The molecule has 0 bridgehead atoms. The van der Waals surface area contributed by atoms with Crippen LogP contribution in [0.2, 0.25) is 0 Å². The normalized spacial score (nSPS) is 18.0. The molecule has 0 saturated carbocycles. The van der Waals surface area contributed by atoms with Crippen molar-refractivity contribution in [2.75, 3.05) is 5.75 Å². The summed E-state index contributed by atoms with van der Waals surface area (Å²) < 4.78 is 0. The molecule has 68 valence electrons. The van der Waals surface area contributed by atoms with Gasteiger partial charge in [0.05, 0.1) is 0 Å². The SMILES string of the molecule is CC(C)=C1CCSC(=C(C)C)C1. The zero-order valence-electron chi connectivity index (χ0n) is 8.53. The van der Waals surface area contributed by atoms with Gasteiger partial charge in [-0.25, -0.2) is 0 Å². The van der Waals surface area contributed by atoms with Gasteiger partial charge in [-0.15, -0.1) is 11.8 Å². The van der Waals surface area contributed by atoms with E-state index >= 15 is 0 Å². The van der Waals surface area contributed by atoms with Crippen molar-refractivity contribution in [3.8, 4) is 0 Å². The van der Waals surface area contributed by atoms with Gasteiger partial charge in [-0.3, -0.25) is 0 Å². The summed E-state index contributed by atoms with van der Waals surface area (Å²) in [6.45, 7) is 8.90. The minimum absolute atomic E-state index is 1.22. The van der Waals surface area contributed by atoms with Gasteiger partial charge in [0.1, 0.15) is 0 Å². The van der Waals surface area contributed by atoms with Crippen LogP contribution in [-0.4, -0.2) is 5.75 Å².